The van der Waals surface area contributed by atoms with Crippen LogP contribution < -0.4 is 4.90 Å². The molecular weight excluding hydrogens is 198 g/mol. The van der Waals surface area contributed by atoms with Crippen LogP contribution in [0.3, 0.4) is 0 Å². The summed E-state index contributed by atoms with van der Waals surface area (Å²) in [5.41, 5.74) is 0.535. The summed E-state index contributed by atoms with van der Waals surface area (Å²) in [4.78, 5) is 6.11. The van der Waals surface area contributed by atoms with Crippen LogP contribution in [0, 0.1) is 11.3 Å². The molecule has 0 unspecified atom stereocenters. The summed E-state index contributed by atoms with van der Waals surface area (Å²) in [5, 5.41) is 9.11. The van der Waals surface area contributed by atoms with E-state index in [2.05, 4.69) is 24.9 Å². The Bertz CT molecular complexity index is 368. The quantitative estimate of drug-likeness (QED) is 0.703. The van der Waals surface area contributed by atoms with Crippen LogP contribution in [0.4, 0.5) is 5.82 Å². The zero-order valence-electron chi connectivity index (χ0n) is 8.45. The average Bonchev–Trinajstić information content (AvgIpc) is 2.15. The first-order valence-electron chi connectivity index (χ1n) is 4.35. The first-order valence-corrected chi connectivity index (χ1v) is 4.73. The molecule has 4 heteroatoms. The number of aromatic nitrogens is 1. The molecule has 1 rings (SSSR count). The molecule has 0 saturated carbocycles. The van der Waals surface area contributed by atoms with E-state index < -0.39 is 0 Å². The minimum Gasteiger partial charge on any atom is -0.357 e. The van der Waals surface area contributed by atoms with Crippen LogP contribution >= 0.6 is 11.6 Å². The number of nitriles is 1. The Morgan fingerprint density at radius 3 is 2.64 bits per heavy atom. The van der Waals surface area contributed by atoms with Gasteiger partial charge in [0.15, 0.2) is 0 Å². The molecule has 3 nitrogen and oxygen atoms in total. The standard InChI is InChI=1S/C10H12ClN3/c1-7(2)14(3)10-5-8(6-12)4-9(11)13-10/h4-5,7H,1-3H3. The molecule has 0 aliphatic heterocycles. The zero-order chi connectivity index (χ0) is 10.7. The van der Waals surface area contributed by atoms with Gasteiger partial charge in [0, 0.05) is 13.1 Å². The molecule has 0 atom stereocenters. The summed E-state index contributed by atoms with van der Waals surface area (Å²) in [6, 6.07) is 5.66. The number of halogens is 1. The molecule has 0 radical (unpaired) electrons. The maximum absolute atomic E-state index is 8.75. The van der Waals surface area contributed by atoms with E-state index in [0.29, 0.717) is 16.8 Å². The van der Waals surface area contributed by atoms with E-state index in [1.54, 1.807) is 12.1 Å². The van der Waals surface area contributed by atoms with E-state index in [4.69, 9.17) is 16.9 Å². The molecule has 0 saturated heterocycles. The van der Waals surface area contributed by atoms with Crippen molar-refractivity contribution in [3.8, 4) is 6.07 Å². The topological polar surface area (TPSA) is 39.9 Å². The van der Waals surface area contributed by atoms with Crippen molar-refractivity contribution in [3.63, 3.8) is 0 Å². The summed E-state index contributed by atoms with van der Waals surface area (Å²) in [6.45, 7) is 4.10. The molecule has 1 aromatic heterocycles. The molecular formula is C10H12ClN3. The maximum atomic E-state index is 8.75. The third kappa shape index (κ3) is 2.36. The molecule has 1 heterocycles. The highest BCUT2D eigenvalue weighted by Gasteiger charge is 2.08. The molecule has 74 valence electrons. The highest BCUT2D eigenvalue weighted by atomic mass is 35.5. The number of hydrogen-bond donors (Lipinski definition) is 0. The second kappa shape index (κ2) is 4.30. The van der Waals surface area contributed by atoms with Crippen LogP contribution in [0.2, 0.25) is 5.15 Å². The lowest BCUT2D eigenvalue weighted by Crippen LogP contribution is -2.26. The van der Waals surface area contributed by atoms with Gasteiger partial charge in [0.1, 0.15) is 11.0 Å². The minimum absolute atomic E-state index is 0.326. The van der Waals surface area contributed by atoms with Gasteiger partial charge in [-0.05, 0) is 26.0 Å². The van der Waals surface area contributed by atoms with Gasteiger partial charge in [0.05, 0.1) is 11.6 Å². The number of pyridine rings is 1. The van der Waals surface area contributed by atoms with E-state index in [1.165, 1.54) is 0 Å². The lowest BCUT2D eigenvalue weighted by Gasteiger charge is -2.22. The summed E-state index contributed by atoms with van der Waals surface area (Å²) in [5.74, 6) is 0.726. The van der Waals surface area contributed by atoms with Crippen molar-refractivity contribution in [2.75, 3.05) is 11.9 Å². The van der Waals surface area contributed by atoms with Crippen LogP contribution in [0.5, 0.6) is 0 Å². The highest BCUT2D eigenvalue weighted by Crippen LogP contribution is 2.18. The smallest absolute Gasteiger partial charge is 0.132 e. The SMILES string of the molecule is CC(C)N(C)c1cc(C#N)cc(Cl)n1. The van der Waals surface area contributed by atoms with Crippen molar-refractivity contribution in [1.29, 1.82) is 5.26 Å². The van der Waals surface area contributed by atoms with Crippen molar-refractivity contribution in [2.45, 2.75) is 19.9 Å². The predicted octanol–water partition coefficient (Wildman–Crippen LogP) is 2.45. The minimum atomic E-state index is 0.326. The van der Waals surface area contributed by atoms with Crippen molar-refractivity contribution < 1.29 is 0 Å². The monoisotopic (exact) mass is 209 g/mol. The van der Waals surface area contributed by atoms with Gasteiger partial charge in [-0.15, -0.1) is 0 Å². The van der Waals surface area contributed by atoms with Crippen molar-refractivity contribution >= 4 is 17.4 Å². The molecule has 0 bridgehead atoms. The van der Waals surface area contributed by atoms with Gasteiger partial charge in [0.2, 0.25) is 0 Å². The fourth-order valence-electron chi connectivity index (χ4n) is 0.993. The second-order valence-electron chi connectivity index (χ2n) is 3.35. The number of hydrogen-bond acceptors (Lipinski definition) is 3. The van der Waals surface area contributed by atoms with E-state index in [9.17, 15) is 0 Å². The predicted molar refractivity (Wildman–Crippen MR) is 57.5 cm³/mol. The molecule has 0 fully saturated rings. The fraction of sp³-hybridized carbons (Fsp3) is 0.400. The van der Waals surface area contributed by atoms with E-state index in [1.807, 2.05) is 11.9 Å². The van der Waals surface area contributed by atoms with Crippen LogP contribution in [-0.2, 0) is 0 Å². The Labute approximate surface area is 88.9 Å². The summed E-state index contributed by atoms with van der Waals surface area (Å²) in [6.07, 6.45) is 0. The van der Waals surface area contributed by atoms with Gasteiger partial charge in [0.25, 0.3) is 0 Å². The zero-order valence-corrected chi connectivity index (χ0v) is 9.21. The van der Waals surface area contributed by atoms with E-state index in [-0.39, 0.29) is 0 Å². The van der Waals surface area contributed by atoms with Crippen molar-refractivity contribution in [3.05, 3.63) is 22.8 Å². The maximum Gasteiger partial charge on any atom is 0.132 e. The molecule has 0 aliphatic carbocycles. The Morgan fingerprint density at radius 1 is 1.50 bits per heavy atom. The lowest BCUT2D eigenvalue weighted by atomic mass is 10.2. The lowest BCUT2D eigenvalue weighted by molar-refractivity contribution is 0.743. The normalized spacial score (nSPS) is 10.0. The Hall–Kier alpha value is -1.27. The molecule has 0 spiro atoms. The number of nitrogens with zero attached hydrogens (tertiary/aromatic N) is 3. The van der Waals surface area contributed by atoms with Crippen LogP contribution in [0.15, 0.2) is 12.1 Å². The van der Waals surface area contributed by atoms with Gasteiger partial charge in [-0.25, -0.2) is 4.98 Å². The van der Waals surface area contributed by atoms with Crippen molar-refractivity contribution in [2.24, 2.45) is 0 Å². The Morgan fingerprint density at radius 2 is 2.14 bits per heavy atom. The molecule has 0 aliphatic rings. The summed E-state index contributed by atoms with van der Waals surface area (Å²) < 4.78 is 0. The van der Waals surface area contributed by atoms with Gasteiger partial charge in [-0.2, -0.15) is 5.26 Å². The molecule has 1 aromatic rings. The van der Waals surface area contributed by atoms with Crippen molar-refractivity contribution in [1.82, 2.24) is 4.98 Å². The van der Waals surface area contributed by atoms with Crippen LogP contribution in [0.1, 0.15) is 19.4 Å². The van der Waals surface area contributed by atoms with E-state index in [0.717, 1.165) is 5.82 Å². The number of anilines is 1. The van der Waals surface area contributed by atoms with Crippen LogP contribution in [-0.4, -0.2) is 18.1 Å². The largest absolute Gasteiger partial charge is 0.357 e. The number of rotatable bonds is 2. The first kappa shape index (κ1) is 10.8. The molecule has 0 N–H and O–H groups in total. The van der Waals surface area contributed by atoms with Gasteiger partial charge < -0.3 is 4.90 Å². The van der Waals surface area contributed by atoms with Gasteiger partial charge in [-0.1, -0.05) is 11.6 Å². The average molecular weight is 210 g/mol. The Balaban J connectivity index is 3.10. The second-order valence-corrected chi connectivity index (χ2v) is 3.74. The molecule has 0 amide bonds. The van der Waals surface area contributed by atoms with Gasteiger partial charge in [-0.3, -0.25) is 0 Å². The van der Waals surface area contributed by atoms with Gasteiger partial charge >= 0.3 is 0 Å². The first-order chi connectivity index (χ1) is 6.54. The third-order valence-corrected chi connectivity index (χ3v) is 2.24. The van der Waals surface area contributed by atoms with Crippen LogP contribution in [0.25, 0.3) is 0 Å². The third-order valence-electron chi connectivity index (χ3n) is 2.05. The molecule has 14 heavy (non-hydrogen) atoms. The molecule has 0 aromatic carbocycles. The summed E-state index contributed by atoms with van der Waals surface area (Å²) in [7, 11) is 1.92. The van der Waals surface area contributed by atoms with E-state index >= 15 is 0 Å². The summed E-state index contributed by atoms with van der Waals surface area (Å²) >= 11 is 5.79. The fourth-order valence-corrected chi connectivity index (χ4v) is 1.20. The highest BCUT2D eigenvalue weighted by molar-refractivity contribution is 6.29. The Kier molecular flexibility index (Phi) is 3.32.